The summed E-state index contributed by atoms with van der Waals surface area (Å²) in [5.41, 5.74) is 0.266. The van der Waals surface area contributed by atoms with Crippen LogP contribution in [0.25, 0.3) is 0 Å². The molecule has 0 radical (unpaired) electrons. The Balaban J connectivity index is 1.70. The molecule has 2 rings (SSSR count). The van der Waals surface area contributed by atoms with E-state index in [2.05, 4.69) is 18.7 Å². The van der Waals surface area contributed by atoms with Crippen LogP contribution in [-0.2, 0) is 9.53 Å². The van der Waals surface area contributed by atoms with Crippen LogP contribution in [0.2, 0.25) is 0 Å². The molecule has 22 heavy (non-hydrogen) atoms. The van der Waals surface area contributed by atoms with Gasteiger partial charge in [0.25, 0.3) is 0 Å². The van der Waals surface area contributed by atoms with Crippen molar-refractivity contribution >= 4 is 5.78 Å². The van der Waals surface area contributed by atoms with E-state index in [0.717, 1.165) is 26.1 Å². The van der Waals surface area contributed by atoms with Crippen molar-refractivity contribution in [3.05, 3.63) is 0 Å². The molecule has 1 heterocycles. The van der Waals surface area contributed by atoms with Crippen molar-refractivity contribution in [3.8, 4) is 0 Å². The van der Waals surface area contributed by atoms with Gasteiger partial charge in [-0.3, -0.25) is 4.79 Å². The van der Waals surface area contributed by atoms with E-state index in [-0.39, 0.29) is 5.41 Å². The topological polar surface area (TPSA) is 29.5 Å². The van der Waals surface area contributed by atoms with Gasteiger partial charge in [0.05, 0.1) is 12.7 Å². The molecule has 0 bridgehead atoms. The van der Waals surface area contributed by atoms with Crippen LogP contribution in [0.3, 0.4) is 0 Å². The summed E-state index contributed by atoms with van der Waals surface area (Å²) in [5, 5.41) is 0. The Morgan fingerprint density at radius 1 is 1.23 bits per heavy atom. The predicted molar refractivity (Wildman–Crippen MR) is 91.0 cm³/mol. The molecule has 1 aliphatic heterocycles. The molecule has 1 aliphatic carbocycles. The van der Waals surface area contributed by atoms with Gasteiger partial charge in [0.15, 0.2) is 0 Å². The maximum absolute atomic E-state index is 12.2. The molecule has 3 heteroatoms. The maximum atomic E-state index is 12.2. The lowest BCUT2D eigenvalue weighted by molar-refractivity contribution is -0.127. The standard InChI is InChI=1S/C19H35NO2/c1-15(2)22-14-19(8-9-19)13-20-10-6-16(7-11-20)12-17(21)18(3,4)5/h15-16H,6-14H2,1-5H3. The van der Waals surface area contributed by atoms with Crippen LogP contribution in [0.4, 0.5) is 0 Å². The quantitative estimate of drug-likeness (QED) is 0.714. The number of nitrogens with zero attached hydrogens (tertiary/aromatic N) is 1. The van der Waals surface area contributed by atoms with E-state index >= 15 is 0 Å². The summed E-state index contributed by atoms with van der Waals surface area (Å²) in [7, 11) is 0. The minimum Gasteiger partial charge on any atom is -0.378 e. The van der Waals surface area contributed by atoms with Gasteiger partial charge in [-0.05, 0) is 58.5 Å². The summed E-state index contributed by atoms with van der Waals surface area (Å²) in [6.45, 7) is 14.8. The third kappa shape index (κ3) is 5.34. The second kappa shape index (κ2) is 7.00. The van der Waals surface area contributed by atoms with Crippen molar-refractivity contribution < 1.29 is 9.53 Å². The van der Waals surface area contributed by atoms with Crippen LogP contribution in [0, 0.1) is 16.7 Å². The first kappa shape index (κ1) is 17.9. The van der Waals surface area contributed by atoms with Gasteiger partial charge < -0.3 is 9.64 Å². The van der Waals surface area contributed by atoms with Gasteiger partial charge in [-0.2, -0.15) is 0 Å². The summed E-state index contributed by atoms with van der Waals surface area (Å²) in [6.07, 6.45) is 6.13. The highest BCUT2D eigenvalue weighted by Crippen LogP contribution is 2.47. The fraction of sp³-hybridized carbons (Fsp3) is 0.947. The van der Waals surface area contributed by atoms with Gasteiger partial charge in [-0.25, -0.2) is 0 Å². The van der Waals surface area contributed by atoms with E-state index in [9.17, 15) is 4.79 Å². The van der Waals surface area contributed by atoms with E-state index in [1.54, 1.807) is 0 Å². The van der Waals surface area contributed by atoms with E-state index < -0.39 is 0 Å². The number of hydrogen-bond acceptors (Lipinski definition) is 3. The first-order valence-electron chi connectivity index (χ1n) is 9.07. The van der Waals surface area contributed by atoms with Crippen LogP contribution >= 0.6 is 0 Å². The lowest BCUT2D eigenvalue weighted by atomic mass is 9.82. The molecule has 2 aliphatic rings. The third-order valence-electron chi connectivity index (χ3n) is 5.26. The molecule has 0 aromatic rings. The number of carbonyl (C=O) groups is 1. The van der Waals surface area contributed by atoms with E-state index in [1.807, 2.05) is 20.8 Å². The van der Waals surface area contributed by atoms with Crippen molar-refractivity contribution in [3.63, 3.8) is 0 Å². The molecule has 0 aromatic heterocycles. The van der Waals surface area contributed by atoms with Crippen molar-refractivity contribution in [2.24, 2.45) is 16.7 Å². The molecule has 1 saturated heterocycles. The monoisotopic (exact) mass is 309 g/mol. The molecule has 0 atom stereocenters. The van der Waals surface area contributed by atoms with Crippen LogP contribution in [0.1, 0.15) is 66.7 Å². The molecule has 128 valence electrons. The minimum absolute atomic E-state index is 0.177. The first-order valence-corrected chi connectivity index (χ1v) is 9.07. The summed E-state index contributed by atoms with van der Waals surface area (Å²) in [6, 6.07) is 0. The second-order valence-electron chi connectivity index (χ2n) is 8.96. The number of rotatable bonds is 7. The van der Waals surface area contributed by atoms with E-state index in [0.29, 0.717) is 23.2 Å². The second-order valence-corrected chi connectivity index (χ2v) is 8.96. The Labute approximate surface area is 136 Å². The number of carbonyl (C=O) groups excluding carboxylic acids is 1. The minimum atomic E-state index is -0.177. The Kier molecular flexibility index (Phi) is 5.71. The van der Waals surface area contributed by atoms with Gasteiger partial charge >= 0.3 is 0 Å². The molecular formula is C19H35NO2. The van der Waals surface area contributed by atoms with Crippen molar-refractivity contribution in [2.45, 2.75) is 72.8 Å². The molecule has 0 spiro atoms. The lowest BCUT2D eigenvalue weighted by Gasteiger charge is -2.35. The highest BCUT2D eigenvalue weighted by Gasteiger charge is 2.44. The molecule has 2 fully saturated rings. The van der Waals surface area contributed by atoms with Crippen LogP contribution in [-0.4, -0.2) is 43.0 Å². The van der Waals surface area contributed by atoms with E-state index in [1.165, 1.54) is 32.2 Å². The Hall–Kier alpha value is -0.410. The highest BCUT2D eigenvalue weighted by molar-refractivity contribution is 5.83. The normalized spacial score (nSPS) is 23.0. The average Bonchev–Trinajstić information content (AvgIpc) is 3.18. The largest absolute Gasteiger partial charge is 0.378 e. The first-order chi connectivity index (χ1) is 10.2. The molecule has 0 aromatic carbocycles. The van der Waals surface area contributed by atoms with Crippen LogP contribution < -0.4 is 0 Å². The fourth-order valence-corrected chi connectivity index (χ4v) is 3.26. The van der Waals surface area contributed by atoms with Crippen molar-refractivity contribution in [1.82, 2.24) is 4.90 Å². The van der Waals surface area contributed by atoms with Gasteiger partial charge in [0, 0.05) is 23.8 Å². The van der Waals surface area contributed by atoms with E-state index in [4.69, 9.17) is 4.74 Å². The number of hydrogen-bond donors (Lipinski definition) is 0. The molecule has 0 amide bonds. The Morgan fingerprint density at radius 3 is 2.27 bits per heavy atom. The maximum Gasteiger partial charge on any atom is 0.138 e. The van der Waals surface area contributed by atoms with Gasteiger partial charge in [-0.1, -0.05) is 20.8 Å². The summed E-state index contributed by atoms with van der Waals surface area (Å²) >= 11 is 0. The number of likely N-dealkylation sites (tertiary alicyclic amines) is 1. The zero-order chi connectivity index (χ0) is 16.4. The number of ketones is 1. The molecular weight excluding hydrogens is 274 g/mol. The SMILES string of the molecule is CC(C)OCC1(CN2CCC(CC(=O)C(C)(C)C)CC2)CC1. The van der Waals surface area contributed by atoms with Gasteiger partial charge in [-0.15, -0.1) is 0 Å². The number of piperidine rings is 1. The fourth-order valence-electron chi connectivity index (χ4n) is 3.26. The van der Waals surface area contributed by atoms with Gasteiger partial charge in [0.1, 0.15) is 5.78 Å². The average molecular weight is 309 g/mol. The third-order valence-corrected chi connectivity index (χ3v) is 5.26. The molecule has 0 N–H and O–H groups in total. The van der Waals surface area contributed by atoms with Crippen molar-refractivity contribution in [2.75, 3.05) is 26.2 Å². The number of ether oxygens (including phenoxy) is 1. The summed E-state index contributed by atoms with van der Waals surface area (Å²) in [5.74, 6) is 1.03. The molecule has 1 saturated carbocycles. The zero-order valence-corrected chi connectivity index (χ0v) is 15.3. The zero-order valence-electron chi connectivity index (χ0n) is 15.3. The van der Waals surface area contributed by atoms with Crippen molar-refractivity contribution in [1.29, 1.82) is 0 Å². The smallest absolute Gasteiger partial charge is 0.138 e. The Morgan fingerprint density at radius 2 is 1.82 bits per heavy atom. The van der Waals surface area contributed by atoms with Crippen LogP contribution in [0.15, 0.2) is 0 Å². The van der Waals surface area contributed by atoms with Gasteiger partial charge in [0.2, 0.25) is 0 Å². The predicted octanol–water partition coefficient (Wildman–Crippen LogP) is 3.91. The Bertz CT molecular complexity index is 371. The highest BCUT2D eigenvalue weighted by atomic mass is 16.5. The van der Waals surface area contributed by atoms with Crippen LogP contribution in [0.5, 0.6) is 0 Å². The summed E-state index contributed by atoms with van der Waals surface area (Å²) < 4.78 is 5.85. The summed E-state index contributed by atoms with van der Waals surface area (Å²) in [4.78, 5) is 14.8. The number of Topliss-reactive ketones (excluding diaryl/α,β-unsaturated/α-hetero) is 1. The molecule has 0 unspecified atom stereocenters. The molecule has 3 nitrogen and oxygen atoms in total. The lowest BCUT2D eigenvalue weighted by Crippen LogP contribution is -2.40.